The summed E-state index contributed by atoms with van der Waals surface area (Å²) in [6, 6.07) is 6.05. The molecule has 0 aliphatic carbocycles. The second-order valence-electron chi connectivity index (χ2n) is 3.49. The van der Waals surface area contributed by atoms with E-state index in [1.165, 1.54) is 0 Å². The zero-order valence-corrected chi connectivity index (χ0v) is 8.82. The normalized spacial score (nSPS) is 10.6. The lowest BCUT2D eigenvalue weighted by Gasteiger charge is -2.03. The van der Waals surface area contributed by atoms with Crippen molar-refractivity contribution in [2.75, 3.05) is 0 Å². The highest BCUT2D eigenvalue weighted by molar-refractivity contribution is 5.62. The molecule has 78 valence electrons. The Bertz CT molecular complexity index is 456. The average Bonchev–Trinajstić information content (AvgIpc) is 2.66. The van der Waals surface area contributed by atoms with Gasteiger partial charge in [0, 0.05) is 5.56 Å². The first-order valence-corrected chi connectivity index (χ1v) is 4.81. The summed E-state index contributed by atoms with van der Waals surface area (Å²) in [6.45, 7) is 4.34. The van der Waals surface area contributed by atoms with Crippen LogP contribution in [0.5, 0.6) is 0 Å². The first-order valence-electron chi connectivity index (χ1n) is 4.81. The van der Waals surface area contributed by atoms with Crippen LogP contribution in [0, 0.1) is 13.8 Å². The van der Waals surface area contributed by atoms with Gasteiger partial charge in [0.1, 0.15) is 0 Å². The quantitative estimate of drug-likeness (QED) is 0.808. The first kappa shape index (κ1) is 9.86. The van der Waals surface area contributed by atoms with Gasteiger partial charge >= 0.3 is 0 Å². The lowest BCUT2D eigenvalue weighted by Crippen LogP contribution is -1.98. The highest BCUT2D eigenvalue weighted by atomic mass is 16.5. The van der Waals surface area contributed by atoms with E-state index in [-0.39, 0.29) is 0 Å². The van der Waals surface area contributed by atoms with E-state index >= 15 is 0 Å². The predicted molar refractivity (Wildman–Crippen MR) is 57.1 cm³/mol. The van der Waals surface area contributed by atoms with E-state index in [2.05, 4.69) is 10.1 Å². The second kappa shape index (κ2) is 3.82. The van der Waals surface area contributed by atoms with E-state index in [1.807, 2.05) is 32.0 Å². The summed E-state index contributed by atoms with van der Waals surface area (Å²) in [5.41, 5.74) is 8.69. The Morgan fingerprint density at radius 1 is 1.27 bits per heavy atom. The Morgan fingerprint density at radius 3 is 2.47 bits per heavy atom. The van der Waals surface area contributed by atoms with Crippen molar-refractivity contribution in [2.45, 2.75) is 20.4 Å². The van der Waals surface area contributed by atoms with E-state index in [0.29, 0.717) is 18.3 Å². The number of rotatable bonds is 2. The van der Waals surface area contributed by atoms with E-state index in [1.54, 1.807) is 0 Å². The van der Waals surface area contributed by atoms with Crippen molar-refractivity contribution < 1.29 is 4.52 Å². The van der Waals surface area contributed by atoms with Gasteiger partial charge in [0.05, 0.1) is 6.54 Å². The third kappa shape index (κ3) is 1.76. The van der Waals surface area contributed by atoms with Crippen molar-refractivity contribution in [1.29, 1.82) is 0 Å². The van der Waals surface area contributed by atoms with Gasteiger partial charge in [0.2, 0.25) is 0 Å². The van der Waals surface area contributed by atoms with Gasteiger partial charge < -0.3 is 10.3 Å². The minimum absolute atomic E-state index is 0.300. The Morgan fingerprint density at radius 2 is 1.93 bits per heavy atom. The molecule has 1 heterocycles. The lowest BCUT2D eigenvalue weighted by molar-refractivity contribution is 0.422. The van der Waals surface area contributed by atoms with Crippen LogP contribution in [0.15, 0.2) is 22.7 Å². The topological polar surface area (TPSA) is 64.9 Å². The molecular weight excluding hydrogens is 190 g/mol. The summed E-state index contributed by atoms with van der Waals surface area (Å²) in [5.74, 6) is 1.08. The molecule has 0 fully saturated rings. The van der Waals surface area contributed by atoms with E-state index < -0.39 is 0 Å². The summed E-state index contributed by atoms with van der Waals surface area (Å²) in [6.07, 6.45) is 0. The van der Waals surface area contributed by atoms with Gasteiger partial charge in [0.15, 0.2) is 5.82 Å². The maximum absolute atomic E-state index is 5.43. The number of hydrogen-bond donors (Lipinski definition) is 1. The number of aromatic nitrogens is 2. The number of aryl methyl sites for hydroxylation is 2. The molecule has 2 rings (SSSR count). The molecule has 0 saturated heterocycles. The average molecular weight is 203 g/mol. The molecule has 0 bridgehead atoms. The van der Waals surface area contributed by atoms with Crippen LogP contribution >= 0.6 is 0 Å². The maximum atomic E-state index is 5.43. The SMILES string of the molecule is Cc1cccc(C)c1-c1nc(CN)no1. The van der Waals surface area contributed by atoms with E-state index in [0.717, 1.165) is 16.7 Å². The molecule has 0 atom stereocenters. The third-order valence-electron chi connectivity index (χ3n) is 2.35. The molecule has 0 saturated carbocycles. The molecule has 0 aliphatic rings. The van der Waals surface area contributed by atoms with E-state index in [9.17, 15) is 0 Å². The molecule has 0 spiro atoms. The highest BCUT2D eigenvalue weighted by Gasteiger charge is 2.12. The Kier molecular flexibility index (Phi) is 2.51. The van der Waals surface area contributed by atoms with Gasteiger partial charge in [-0.15, -0.1) is 0 Å². The monoisotopic (exact) mass is 203 g/mol. The molecule has 1 aromatic carbocycles. The zero-order valence-electron chi connectivity index (χ0n) is 8.82. The molecule has 2 aromatic rings. The zero-order chi connectivity index (χ0) is 10.8. The van der Waals surface area contributed by atoms with Crippen LogP contribution < -0.4 is 5.73 Å². The molecule has 15 heavy (non-hydrogen) atoms. The van der Waals surface area contributed by atoms with Crippen molar-refractivity contribution in [3.63, 3.8) is 0 Å². The molecule has 1 aromatic heterocycles. The first-order chi connectivity index (χ1) is 7.22. The number of benzene rings is 1. The number of hydrogen-bond acceptors (Lipinski definition) is 4. The molecular formula is C11H13N3O. The Hall–Kier alpha value is -1.68. The third-order valence-corrected chi connectivity index (χ3v) is 2.35. The van der Waals surface area contributed by atoms with Gasteiger partial charge in [-0.3, -0.25) is 0 Å². The molecule has 0 amide bonds. The Balaban J connectivity index is 2.53. The second-order valence-corrected chi connectivity index (χ2v) is 3.49. The fourth-order valence-corrected chi connectivity index (χ4v) is 1.59. The molecule has 4 heteroatoms. The molecule has 0 unspecified atom stereocenters. The van der Waals surface area contributed by atoms with Crippen LogP contribution in [0.4, 0.5) is 0 Å². The molecule has 0 aliphatic heterocycles. The van der Waals surface area contributed by atoms with Crippen LogP contribution in [0.25, 0.3) is 11.5 Å². The fourth-order valence-electron chi connectivity index (χ4n) is 1.59. The summed E-state index contributed by atoms with van der Waals surface area (Å²) < 4.78 is 5.16. The van der Waals surface area contributed by atoms with Crippen LogP contribution in [0.3, 0.4) is 0 Å². The Labute approximate surface area is 88.1 Å². The standard InChI is InChI=1S/C11H13N3O/c1-7-4-3-5-8(2)10(7)11-13-9(6-12)14-15-11/h3-5H,6,12H2,1-2H3. The summed E-state index contributed by atoms with van der Waals surface area (Å²) in [7, 11) is 0. The predicted octanol–water partition coefficient (Wildman–Crippen LogP) is 1.81. The minimum atomic E-state index is 0.300. The van der Waals surface area contributed by atoms with Crippen LogP contribution in [0.2, 0.25) is 0 Å². The van der Waals surface area contributed by atoms with Crippen molar-refractivity contribution in [2.24, 2.45) is 5.73 Å². The summed E-state index contributed by atoms with van der Waals surface area (Å²) >= 11 is 0. The van der Waals surface area contributed by atoms with Crippen molar-refractivity contribution in [1.82, 2.24) is 10.1 Å². The van der Waals surface area contributed by atoms with Crippen molar-refractivity contribution in [3.8, 4) is 11.5 Å². The molecule has 4 nitrogen and oxygen atoms in total. The van der Waals surface area contributed by atoms with Crippen LogP contribution in [0.1, 0.15) is 17.0 Å². The summed E-state index contributed by atoms with van der Waals surface area (Å²) in [4.78, 5) is 4.22. The largest absolute Gasteiger partial charge is 0.334 e. The van der Waals surface area contributed by atoms with Crippen molar-refractivity contribution >= 4 is 0 Å². The van der Waals surface area contributed by atoms with Gasteiger partial charge in [-0.25, -0.2) is 0 Å². The van der Waals surface area contributed by atoms with Gasteiger partial charge in [-0.05, 0) is 25.0 Å². The van der Waals surface area contributed by atoms with Crippen molar-refractivity contribution in [3.05, 3.63) is 35.2 Å². The van der Waals surface area contributed by atoms with Gasteiger partial charge in [-0.1, -0.05) is 23.4 Å². The van der Waals surface area contributed by atoms with Crippen LogP contribution in [-0.2, 0) is 6.54 Å². The minimum Gasteiger partial charge on any atom is -0.334 e. The lowest BCUT2D eigenvalue weighted by atomic mass is 10.0. The fraction of sp³-hybridized carbons (Fsp3) is 0.273. The molecule has 2 N–H and O–H groups in total. The molecule has 0 radical (unpaired) electrons. The number of nitrogens with two attached hydrogens (primary N) is 1. The van der Waals surface area contributed by atoms with Crippen LogP contribution in [-0.4, -0.2) is 10.1 Å². The van der Waals surface area contributed by atoms with E-state index in [4.69, 9.17) is 10.3 Å². The number of nitrogens with zero attached hydrogens (tertiary/aromatic N) is 2. The smallest absolute Gasteiger partial charge is 0.258 e. The van der Waals surface area contributed by atoms with Gasteiger partial charge in [0.25, 0.3) is 5.89 Å². The highest BCUT2D eigenvalue weighted by Crippen LogP contribution is 2.25. The maximum Gasteiger partial charge on any atom is 0.258 e. The summed E-state index contributed by atoms with van der Waals surface area (Å²) in [5, 5.41) is 3.78. The van der Waals surface area contributed by atoms with Gasteiger partial charge in [-0.2, -0.15) is 4.98 Å².